The first-order valence-electron chi connectivity index (χ1n) is 2.01. The van der Waals surface area contributed by atoms with E-state index in [2.05, 4.69) is 9.97 Å². The number of carbonyl (C=O) groups excluding carboxylic acids is 1. The standard InChI is InChI=1S/C4H4N2O2.Na/c7-4(8)3-5-1-2-6-3;/h1-2H,(H,5,6)(H,7,8);/q;+1/p-1. The molecule has 0 amide bonds. The summed E-state index contributed by atoms with van der Waals surface area (Å²) in [6.07, 6.45) is 2.77. The zero-order valence-corrected chi connectivity index (χ0v) is 6.92. The van der Waals surface area contributed by atoms with Crippen LogP contribution in [0, 0.1) is 0 Å². The molecule has 0 saturated heterocycles. The number of aromatic carboxylic acids is 1. The predicted molar refractivity (Wildman–Crippen MR) is 22.9 cm³/mol. The van der Waals surface area contributed by atoms with Gasteiger partial charge < -0.3 is 14.9 Å². The molecule has 0 radical (unpaired) electrons. The first-order valence-corrected chi connectivity index (χ1v) is 2.01. The summed E-state index contributed by atoms with van der Waals surface area (Å²) in [5.74, 6) is -1.42. The van der Waals surface area contributed by atoms with E-state index in [9.17, 15) is 9.90 Å². The predicted octanol–water partition coefficient (Wildman–Crippen LogP) is -4.22. The van der Waals surface area contributed by atoms with E-state index in [0.29, 0.717) is 0 Å². The van der Waals surface area contributed by atoms with Crippen LogP contribution in [0.25, 0.3) is 0 Å². The summed E-state index contributed by atoms with van der Waals surface area (Å²) in [5.41, 5.74) is 0. The van der Waals surface area contributed by atoms with Crippen LogP contribution in [0.1, 0.15) is 10.6 Å². The zero-order valence-electron chi connectivity index (χ0n) is 4.92. The van der Waals surface area contributed by atoms with Crippen molar-refractivity contribution in [2.24, 2.45) is 0 Å². The molecule has 42 valence electrons. The van der Waals surface area contributed by atoms with Crippen molar-refractivity contribution in [3.8, 4) is 0 Å². The summed E-state index contributed by atoms with van der Waals surface area (Å²) in [4.78, 5) is 15.6. The third-order valence-corrected chi connectivity index (χ3v) is 0.692. The van der Waals surface area contributed by atoms with Crippen molar-refractivity contribution in [3.05, 3.63) is 18.2 Å². The first-order chi connectivity index (χ1) is 3.80. The molecular formula is C4H3N2NaO2. The number of carboxylic acids is 1. The monoisotopic (exact) mass is 134 g/mol. The molecule has 0 unspecified atom stereocenters. The molecule has 4 nitrogen and oxygen atoms in total. The quantitative estimate of drug-likeness (QED) is 0.396. The number of nitrogens with one attached hydrogen (secondary N) is 1. The molecule has 0 aromatic carbocycles. The Morgan fingerprint density at radius 3 is 2.67 bits per heavy atom. The van der Waals surface area contributed by atoms with Gasteiger partial charge in [-0.1, -0.05) is 0 Å². The molecule has 0 saturated carbocycles. The van der Waals surface area contributed by atoms with Crippen molar-refractivity contribution in [2.45, 2.75) is 0 Å². The van der Waals surface area contributed by atoms with E-state index in [1.54, 1.807) is 0 Å². The molecule has 0 aliphatic rings. The molecule has 0 aliphatic carbocycles. The minimum absolute atomic E-state index is 0. The first kappa shape index (κ1) is 8.68. The largest absolute Gasteiger partial charge is 1.00 e. The number of carbonyl (C=O) groups is 1. The zero-order chi connectivity index (χ0) is 5.98. The Hall–Kier alpha value is -0.320. The van der Waals surface area contributed by atoms with Crippen LogP contribution < -0.4 is 34.7 Å². The molecule has 9 heavy (non-hydrogen) atoms. The molecule has 0 spiro atoms. The van der Waals surface area contributed by atoms with Crippen LogP contribution in [0.5, 0.6) is 0 Å². The second kappa shape index (κ2) is 3.66. The third-order valence-electron chi connectivity index (χ3n) is 0.692. The van der Waals surface area contributed by atoms with E-state index < -0.39 is 5.97 Å². The number of H-pyrrole nitrogens is 1. The Labute approximate surface area is 73.6 Å². The van der Waals surface area contributed by atoms with Gasteiger partial charge in [0, 0.05) is 12.4 Å². The molecule has 0 fully saturated rings. The van der Waals surface area contributed by atoms with E-state index in [0.717, 1.165) is 0 Å². The van der Waals surface area contributed by atoms with E-state index >= 15 is 0 Å². The number of rotatable bonds is 1. The van der Waals surface area contributed by atoms with Gasteiger partial charge in [0.15, 0.2) is 5.82 Å². The van der Waals surface area contributed by atoms with Crippen LogP contribution in [0.3, 0.4) is 0 Å². The van der Waals surface area contributed by atoms with Crippen molar-refractivity contribution in [3.63, 3.8) is 0 Å². The average molecular weight is 134 g/mol. The third kappa shape index (κ3) is 2.17. The smallest absolute Gasteiger partial charge is 0.542 e. The number of carboxylic acid groups (broad SMARTS) is 1. The Morgan fingerprint density at radius 2 is 2.44 bits per heavy atom. The molecule has 5 heteroatoms. The SMILES string of the molecule is O=C([O-])c1ncc[nH]1.[Na+]. The second-order valence-electron chi connectivity index (χ2n) is 1.23. The van der Waals surface area contributed by atoms with Gasteiger partial charge in [-0.3, -0.25) is 0 Å². The summed E-state index contributed by atoms with van der Waals surface area (Å²) in [5, 5.41) is 9.86. The summed E-state index contributed by atoms with van der Waals surface area (Å²) in [6, 6.07) is 0. The number of aromatic amines is 1. The van der Waals surface area contributed by atoms with Crippen LogP contribution in [0.15, 0.2) is 12.4 Å². The Balaban J connectivity index is 0.000000640. The van der Waals surface area contributed by atoms with Crippen molar-refractivity contribution in [1.82, 2.24) is 9.97 Å². The van der Waals surface area contributed by atoms with Crippen LogP contribution >= 0.6 is 0 Å². The number of aromatic nitrogens is 2. The van der Waals surface area contributed by atoms with Crippen LogP contribution in [-0.4, -0.2) is 15.9 Å². The molecule has 0 atom stereocenters. The molecule has 1 rings (SSSR count). The van der Waals surface area contributed by atoms with Crippen molar-refractivity contribution >= 4 is 5.97 Å². The van der Waals surface area contributed by atoms with Gasteiger partial charge in [0.2, 0.25) is 0 Å². The maximum Gasteiger partial charge on any atom is 1.00 e. The maximum absolute atomic E-state index is 9.86. The van der Waals surface area contributed by atoms with Crippen molar-refractivity contribution < 1.29 is 39.5 Å². The van der Waals surface area contributed by atoms with E-state index in [1.165, 1.54) is 12.4 Å². The van der Waals surface area contributed by atoms with E-state index in [1.807, 2.05) is 0 Å². The number of imidazole rings is 1. The molecule has 1 N–H and O–H groups in total. The maximum atomic E-state index is 9.86. The van der Waals surface area contributed by atoms with Crippen LogP contribution in [-0.2, 0) is 0 Å². The number of hydrogen-bond acceptors (Lipinski definition) is 3. The van der Waals surface area contributed by atoms with Gasteiger partial charge in [-0.05, 0) is 0 Å². The van der Waals surface area contributed by atoms with Gasteiger partial charge in [0.25, 0.3) is 0 Å². The average Bonchev–Trinajstić information content (AvgIpc) is 2.12. The molecular weight excluding hydrogens is 131 g/mol. The Bertz CT molecular complexity index is 184. The fourth-order valence-corrected chi connectivity index (χ4v) is 0.377. The Kier molecular flexibility index (Phi) is 3.53. The number of nitrogens with zero attached hydrogens (tertiary/aromatic N) is 1. The topological polar surface area (TPSA) is 68.8 Å². The molecule has 1 aromatic heterocycles. The van der Waals surface area contributed by atoms with Gasteiger partial charge in [0.1, 0.15) is 5.97 Å². The fourth-order valence-electron chi connectivity index (χ4n) is 0.377. The van der Waals surface area contributed by atoms with Crippen molar-refractivity contribution in [2.75, 3.05) is 0 Å². The van der Waals surface area contributed by atoms with Crippen molar-refractivity contribution in [1.29, 1.82) is 0 Å². The minimum Gasteiger partial charge on any atom is -0.542 e. The minimum atomic E-state index is -1.28. The summed E-state index contributed by atoms with van der Waals surface area (Å²) >= 11 is 0. The summed E-state index contributed by atoms with van der Waals surface area (Å²) in [6.45, 7) is 0. The van der Waals surface area contributed by atoms with Gasteiger partial charge in [-0.15, -0.1) is 0 Å². The Morgan fingerprint density at radius 1 is 1.78 bits per heavy atom. The van der Waals surface area contributed by atoms with Gasteiger partial charge in [-0.25, -0.2) is 4.98 Å². The van der Waals surface area contributed by atoms with Gasteiger partial charge in [0.05, 0.1) is 0 Å². The number of hydrogen-bond donors (Lipinski definition) is 1. The van der Waals surface area contributed by atoms with Crippen LogP contribution in [0.2, 0.25) is 0 Å². The fraction of sp³-hybridized carbons (Fsp3) is 0. The second-order valence-corrected chi connectivity index (χ2v) is 1.23. The van der Waals surface area contributed by atoms with E-state index in [-0.39, 0.29) is 35.4 Å². The summed E-state index contributed by atoms with van der Waals surface area (Å²) < 4.78 is 0. The van der Waals surface area contributed by atoms with Gasteiger partial charge in [-0.2, -0.15) is 0 Å². The molecule has 1 aromatic rings. The van der Waals surface area contributed by atoms with E-state index in [4.69, 9.17) is 0 Å². The normalized spacial score (nSPS) is 8.00. The molecule has 1 heterocycles. The van der Waals surface area contributed by atoms with Gasteiger partial charge >= 0.3 is 29.6 Å². The van der Waals surface area contributed by atoms with Crippen LogP contribution in [0.4, 0.5) is 0 Å². The summed E-state index contributed by atoms with van der Waals surface area (Å²) in [7, 11) is 0. The molecule has 0 bridgehead atoms. The molecule has 0 aliphatic heterocycles.